The zero-order chi connectivity index (χ0) is 14.9. The number of hydrogen-bond acceptors (Lipinski definition) is 4. The minimum Gasteiger partial charge on any atom is -0.365 e. The monoisotopic (exact) mass is 304 g/mol. The third-order valence-corrected chi connectivity index (χ3v) is 3.61. The summed E-state index contributed by atoms with van der Waals surface area (Å²) in [5, 5.41) is 10.6. The van der Waals surface area contributed by atoms with Crippen LogP contribution >= 0.6 is 11.3 Å². The van der Waals surface area contributed by atoms with E-state index in [0.29, 0.717) is 22.6 Å². The SMILES string of the molecule is Cc1[nH]nc(NCc2csc(C(F)(F)F)c2)c1C(N)=O. The van der Waals surface area contributed by atoms with E-state index in [1.165, 1.54) is 5.38 Å². The number of carbonyl (C=O) groups excluding carboxylic acids is 1. The van der Waals surface area contributed by atoms with Gasteiger partial charge in [-0.15, -0.1) is 11.3 Å². The lowest BCUT2D eigenvalue weighted by molar-refractivity contribution is -0.134. The quantitative estimate of drug-likeness (QED) is 0.811. The molecule has 0 saturated heterocycles. The van der Waals surface area contributed by atoms with Crippen molar-refractivity contribution in [2.75, 3.05) is 5.32 Å². The lowest BCUT2D eigenvalue weighted by atomic mass is 10.2. The second-order valence-electron chi connectivity index (χ2n) is 4.11. The van der Waals surface area contributed by atoms with Crippen molar-refractivity contribution in [1.82, 2.24) is 10.2 Å². The van der Waals surface area contributed by atoms with E-state index >= 15 is 0 Å². The lowest BCUT2D eigenvalue weighted by Crippen LogP contribution is -2.14. The normalized spacial score (nSPS) is 11.6. The summed E-state index contributed by atoms with van der Waals surface area (Å²) >= 11 is 0.622. The summed E-state index contributed by atoms with van der Waals surface area (Å²) in [6.45, 7) is 1.75. The van der Waals surface area contributed by atoms with Crippen molar-refractivity contribution in [3.8, 4) is 0 Å². The summed E-state index contributed by atoms with van der Waals surface area (Å²) in [7, 11) is 0. The van der Waals surface area contributed by atoms with Gasteiger partial charge in [0.05, 0.1) is 0 Å². The fourth-order valence-corrected chi connectivity index (χ4v) is 2.44. The molecule has 2 aromatic heterocycles. The average Bonchev–Trinajstić information content (AvgIpc) is 2.91. The summed E-state index contributed by atoms with van der Waals surface area (Å²) < 4.78 is 37.3. The molecule has 2 rings (SSSR count). The molecular weight excluding hydrogens is 293 g/mol. The maximum atomic E-state index is 12.4. The second kappa shape index (κ2) is 5.16. The van der Waals surface area contributed by atoms with E-state index in [9.17, 15) is 18.0 Å². The Bertz CT molecular complexity index is 632. The molecule has 0 unspecified atom stereocenters. The number of nitrogens with two attached hydrogens (primary N) is 1. The number of aromatic amines is 1. The fraction of sp³-hybridized carbons (Fsp3) is 0.273. The number of H-pyrrole nitrogens is 1. The highest BCUT2D eigenvalue weighted by molar-refractivity contribution is 7.10. The van der Waals surface area contributed by atoms with Gasteiger partial charge in [0.15, 0.2) is 5.82 Å². The van der Waals surface area contributed by atoms with Crippen LogP contribution in [0, 0.1) is 6.92 Å². The van der Waals surface area contributed by atoms with Gasteiger partial charge in [-0.1, -0.05) is 0 Å². The first-order chi connectivity index (χ1) is 9.29. The van der Waals surface area contributed by atoms with Crippen LogP contribution in [0.25, 0.3) is 0 Å². The molecule has 1 amide bonds. The number of nitrogens with zero attached hydrogens (tertiary/aromatic N) is 1. The van der Waals surface area contributed by atoms with Gasteiger partial charge in [-0.2, -0.15) is 18.3 Å². The summed E-state index contributed by atoms with van der Waals surface area (Å²) in [6, 6.07) is 1.06. The Labute approximate surface area is 116 Å². The number of primary amides is 1. The number of aryl methyl sites for hydroxylation is 1. The van der Waals surface area contributed by atoms with Crippen molar-refractivity contribution in [2.45, 2.75) is 19.6 Å². The molecule has 0 saturated carbocycles. The van der Waals surface area contributed by atoms with Gasteiger partial charge in [-0.3, -0.25) is 9.89 Å². The number of thiophene rings is 1. The Morgan fingerprint density at radius 3 is 2.80 bits per heavy atom. The van der Waals surface area contributed by atoms with Crippen molar-refractivity contribution in [3.05, 3.63) is 33.1 Å². The Morgan fingerprint density at radius 2 is 2.25 bits per heavy atom. The zero-order valence-corrected chi connectivity index (χ0v) is 11.2. The van der Waals surface area contributed by atoms with Crippen LogP contribution < -0.4 is 11.1 Å². The van der Waals surface area contributed by atoms with Gasteiger partial charge in [0.25, 0.3) is 5.91 Å². The molecule has 0 atom stereocenters. The zero-order valence-electron chi connectivity index (χ0n) is 10.3. The van der Waals surface area contributed by atoms with Crippen LogP contribution in [0.3, 0.4) is 0 Å². The molecule has 0 aliphatic heterocycles. The van der Waals surface area contributed by atoms with Gasteiger partial charge >= 0.3 is 6.18 Å². The number of hydrogen-bond donors (Lipinski definition) is 3. The first kappa shape index (κ1) is 14.4. The first-order valence-corrected chi connectivity index (χ1v) is 6.40. The van der Waals surface area contributed by atoms with Crippen molar-refractivity contribution in [3.63, 3.8) is 0 Å². The van der Waals surface area contributed by atoms with Crippen molar-refractivity contribution in [1.29, 1.82) is 0 Å². The van der Waals surface area contributed by atoms with Crippen LogP contribution in [-0.2, 0) is 12.7 Å². The highest BCUT2D eigenvalue weighted by atomic mass is 32.1. The summed E-state index contributed by atoms with van der Waals surface area (Å²) in [5.74, 6) is -0.421. The minimum atomic E-state index is -4.34. The van der Waals surface area contributed by atoms with E-state index in [0.717, 1.165) is 6.07 Å². The van der Waals surface area contributed by atoms with Gasteiger partial charge in [0.2, 0.25) is 0 Å². The molecule has 20 heavy (non-hydrogen) atoms. The molecule has 2 aromatic rings. The Morgan fingerprint density at radius 1 is 1.55 bits per heavy atom. The van der Waals surface area contributed by atoms with E-state index < -0.39 is 17.0 Å². The minimum absolute atomic E-state index is 0.122. The van der Waals surface area contributed by atoms with Gasteiger partial charge in [-0.05, 0) is 23.9 Å². The van der Waals surface area contributed by atoms with Crippen LogP contribution in [0.1, 0.15) is 26.5 Å². The molecule has 0 aliphatic rings. The molecule has 0 aromatic carbocycles. The third-order valence-electron chi connectivity index (χ3n) is 2.59. The predicted octanol–water partition coefficient (Wildman–Crippen LogP) is 2.51. The molecule has 9 heteroatoms. The molecule has 0 aliphatic carbocycles. The Kier molecular flexibility index (Phi) is 3.71. The molecule has 2 heterocycles. The molecule has 5 nitrogen and oxygen atoms in total. The Balaban J connectivity index is 2.10. The number of anilines is 1. The van der Waals surface area contributed by atoms with Crippen molar-refractivity contribution in [2.24, 2.45) is 5.73 Å². The number of amides is 1. The third kappa shape index (κ3) is 2.93. The lowest BCUT2D eigenvalue weighted by Gasteiger charge is -2.03. The predicted molar refractivity (Wildman–Crippen MR) is 68.5 cm³/mol. The highest BCUT2D eigenvalue weighted by Gasteiger charge is 2.32. The van der Waals surface area contributed by atoms with E-state index in [4.69, 9.17) is 5.73 Å². The van der Waals surface area contributed by atoms with E-state index in [1.807, 2.05) is 0 Å². The number of halogens is 3. The standard InChI is InChI=1S/C11H11F3N4OS/c1-5-8(9(15)19)10(18-17-5)16-3-6-2-7(20-4-6)11(12,13)14/h2,4H,3H2,1H3,(H2,15,19)(H2,16,17,18). The molecule has 0 radical (unpaired) electrons. The molecule has 0 spiro atoms. The average molecular weight is 304 g/mol. The van der Waals surface area contributed by atoms with Crippen LogP contribution in [0.5, 0.6) is 0 Å². The number of alkyl halides is 3. The van der Waals surface area contributed by atoms with E-state index in [2.05, 4.69) is 15.5 Å². The molecule has 0 bridgehead atoms. The summed E-state index contributed by atoms with van der Waals surface area (Å²) in [4.78, 5) is 10.6. The first-order valence-electron chi connectivity index (χ1n) is 5.52. The number of nitrogens with one attached hydrogen (secondary N) is 2. The van der Waals surface area contributed by atoms with Crippen LogP contribution in [0.4, 0.5) is 19.0 Å². The maximum Gasteiger partial charge on any atom is 0.425 e. The molecule has 108 valence electrons. The number of aromatic nitrogens is 2. The second-order valence-corrected chi connectivity index (χ2v) is 5.02. The molecule has 0 fully saturated rings. The molecular formula is C11H11F3N4OS. The maximum absolute atomic E-state index is 12.4. The fourth-order valence-electron chi connectivity index (χ4n) is 1.66. The van der Waals surface area contributed by atoms with Gasteiger partial charge in [0.1, 0.15) is 10.4 Å². The molecule has 4 N–H and O–H groups in total. The topological polar surface area (TPSA) is 83.8 Å². The van der Waals surface area contributed by atoms with Crippen LogP contribution in [0.2, 0.25) is 0 Å². The van der Waals surface area contributed by atoms with Crippen LogP contribution in [0.15, 0.2) is 11.4 Å². The smallest absolute Gasteiger partial charge is 0.365 e. The largest absolute Gasteiger partial charge is 0.425 e. The van der Waals surface area contributed by atoms with E-state index in [1.54, 1.807) is 6.92 Å². The van der Waals surface area contributed by atoms with Gasteiger partial charge in [-0.25, -0.2) is 0 Å². The van der Waals surface area contributed by atoms with Crippen molar-refractivity contribution >= 4 is 23.1 Å². The Hall–Kier alpha value is -2.03. The van der Waals surface area contributed by atoms with Crippen molar-refractivity contribution < 1.29 is 18.0 Å². The van der Waals surface area contributed by atoms with Gasteiger partial charge in [0, 0.05) is 12.2 Å². The number of carbonyl (C=O) groups is 1. The van der Waals surface area contributed by atoms with Gasteiger partial charge < -0.3 is 11.1 Å². The summed E-state index contributed by atoms with van der Waals surface area (Å²) in [5.41, 5.74) is 6.37. The number of rotatable bonds is 4. The van der Waals surface area contributed by atoms with Crippen LogP contribution in [-0.4, -0.2) is 16.1 Å². The summed E-state index contributed by atoms with van der Waals surface area (Å²) in [6.07, 6.45) is -4.34. The van der Waals surface area contributed by atoms with E-state index in [-0.39, 0.29) is 17.9 Å². The highest BCUT2D eigenvalue weighted by Crippen LogP contribution is 2.34.